The summed E-state index contributed by atoms with van der Waals surface area (Å²) in [5, 5.41) is 0.581. The van der Waals surface area contributed by atoms with Crippen molar-refractivity contribution in [1.82, 2.24) is 4.90 Å². The normalized spacial score (nSPS) is 21.2. The van der Waals surface area contributed by atoms with Crippen LogP contribution in [0.2, 0.25) is 5.02 Å². The fourth-order valence-electron chi connectivity index (χ4n) is 4.49. The highest BCUT2D eigenvalue weighted by Gasteiger charge is 2.43. The van der Waals surface area contributed by atoms with E-state index in [0.29, 0.717) is 58.2 Å². The highest BCUT2D eigenvalue weighted by atomic mass is 35.5. The number of anilines is 1. The van der Waals surface area contributed by atoms with E-state index in [4.69, 9.17) is 21.1 Å². The predicted molar refractivity (Wildman–Crippen MR) is 118 cm³/mol. The van der Waals surface area contributed by atoms with Crippen LogP contribution in [-0.2, 0) is 9.59 Å². The van der Waals surface area contributed by atoms with Gasteiger partial charge in [0.25, 0.3) is 11.8 Å². The van der Waals surface area contributed by atoms with Gasteiger partial charge in [-0.1, -0.05) is 30.7 Å². The number of fused-ring (bicyclic) bond motifs is 1. The Bertz CT molecular complexity index is 1080. The third-order valence-corrected chi connectivity index (χ3v) is 6.20. The highest BCUT2D eigenvalue weighted by molar-refractivity contribution is 6.45. The van der Waals surface area contributed by atoms with Gasteiger partial charge in [0.1, 0.15) is 18.9 Å². The van der Waals surface area contributed by atoms with Crippen LogP contribution in [0.25, 0.3) is 5.57 Å². The Morgan fingerprint density at radius 2 is 1.71 bits per heavy atom. The number of carbonyl (C=O) groups is 2. The second-order valence-corrected chi connectivity index (χ2v) is 8.63. The van der Waals surface area contributed by atoms with Crippen LogP contribution < -0.4 is 14.4 Å². The monoisotopic (exact) mass is 438 g/mol. The number of amides is 2. The number of halogens is 1. The van der Waals surface area contributed by atoms with Gasteiger partial charge in [0.2, 0.25) is 0 Å². The van der Waals surface area contributed by atoms with Crippen LogP contribution >= 0.6 is 11.6 Å². The first-order valence-electron chi connectivity index (χ1n) is 10.6. The number of imide groups is 1. The van der Waals surface area contributed by atoms with Crippen molar-refractivity contribution >= 4 is 34.7 Å². The Kier molecular flexibility index (Phi) is 5.10. The van der Waals surface area contributed by atoms with Gasteiger partial charge in [0.05, 0.1) is 11.3 Å². The van der Waals surface area contributed by atoms with Gasteiger partial charge in [0.15, 0.2) is 11.5 Å². The molecule has 3 heterocycles. The van der Waals surface area contributed by atoms with E-state index < -0.39 is 0 Å². The highest BCUT2D eigenvalue weighted by Crippen LogP contribution is 2.40. The lowest BCUT2D eigenvalue weighted by atomic mass is 9.98. The molecule has 1 unspecified atom stereocenters. The van der Waals surface area contributed by atoms with Crippen molar-refractivity contribution in [2.75, 3.05) is 31.2 Å². The predicted octanol–water partition coefficient (Wildman–Crippen LogP) is 4.13. The van der Waals surface area contributed by atoms with Crippen LogP contribution in [0, 0.1) is 5.92 Å². The molecule has 0 N–H and O–H groups in total. The van der Waals surface area contributed by atoms with Crippen LogP contribution in [0.1, 0.15) is 25.3 Å². The third-order valence-electron chi connectivity index (χ3n) is 5.95. The van der Waals surface area contributed by atoms with E-state index in [0.717, 1.165) is 25.9 Å². The molecule has 0 aliphatic carbocycles. The summed E-state index contributed by atoms with van der Waals surface area (Å²) in [6.45, 7) is 4.59. The number of hydrogen-bond acceptors (Lipinski definition) is 5. The maximum absolute atomic E-state index is 13.6. The second kappa shape index (κ2) is 7.93. The van der Waals surface area contributed by atoms with E-state index in [1.165, 1.54) is 4.90 Å². The molecule has 31 heavy (non-hydrogen) atoms. The summed E-state index contributed by atoms with van der Waals surface area (Å²) in [5.74, 6) is 0.972. The molecular weight excluding hydrogens is 416 g/mol. The molecule has 1 saturated heterocycles. The minimum Gasteiger partial charge on any atom is -0.486 e. The van der Waals surface area contributed by atoms with Crippen molar-refractivity contribution in [3.8, 4) is 11.5 Å². The van der Waals surface area contributed by atoms with Gasteiger partial charge in [-0.2, -0.15) is 0 Å². The second-order valence-electron chi connectivity index (χ2n) is 8.20. The third kappa shape index (κ3) is 3.55. The first-order chi connectivity index (χ1) is 15.0. The first kappa shape index (κ1) is 19.9. The standard InChI is InChI=1S/C24H23ClN2O4/c1-15-3-2-10-26(14-15)22-21(16-4-6-17(25)7-5-16)23(28)27(24(22)29)18-8-9-19-20(13-18)31-12-11-30-19/h4-9,13,15H,2-3,10-12,14H2,1H3. The average Bonchev–Trinajstić information content (AvgIpc) is 3.04. The van der Waals surface area contributed by atoms with Gasteiger partial charge >= 0.3 is 0 Å². The molecule has 1 atom stereocenters. The molecule has 0 spiro atoms. The zero-order chi connectivity index (χ0) is 21.5. The van der Waals surface area contributed by atoms with Crippen LogP contribution in [0.15, 0.2) is 48.2 Å². The molecular formula is C24H23ClN2O4. The Hall–Kier alpha value is -2.99. The van der Waals surface area contributed by atoms with Crippen molar-refractivity contribution in [2.24, 2.45) is 5.92 Å². The number of rotatable bonds is 3. The molecule has 3 aliphatic heterocycles. The molecule has 160 valence electrons. The van der Waals surface area contributed by atoms with Crippen molar-refractivity contribution in [3.63, 3.8) is 0 Å². The van der Waals surface area contributed by atoms with Gasteiger partial charge in [-0.15, -0.1) is 0 Å². The summed E-state index contributed by atoms with van der Waals surface area (Å²) in [6.07, 6.45) is 2.11. The Morgan fingerprint density at radius 1 is 0.968 bits per heavy atom. The van der Waals surface area contributed by atoms with Crippen molar-refractivity contribution in [2.45, 2.75) is 19.8 Å². The van der Waals surface area contributed by atoms with E-state index in [9.17, 15) is 9.59 Å². The molecule has 2 aromatic rings. The number of nitrogens with zero attached hydrogens (tertiary/aromatic N) is 2. The Balaban J connectivity index is 1.59. The summed E-state index contributed by atoms with van der Waals surface area (Å²) < 4.78 is 11.2. The summed E-state index contributed by atoms with van der Waals surface area (Å²) in [7, 11) is 0. The van der Waals surface area contributed by atoms with E-state index in [1.807, 2.05) is 0 Å². The van der Waals surface area contributed by atoms with Gasteiger partial charge in [0, 0.05) is 24.2 Å². The first-order valence-corrected chi connectivity index (χ1v) is 10.9. The van der Waals surface area contributed by atoms with E-state index in [-0.39, 0.29) is 11.8 Å². The lowest BCUT2D eigenvalue weighted by Gasteiger charge is -2.33. The zero-order valence-electron chi connectivity index (χ0n) is 17.3. The molecule has 0 radical (unpaired) electrons. The van der Waals surface area contributed by atoms with Crippen LogP contribution in [0.5, 0.6) is 11.5 Å². The fraction of sp³-hybridized carbons (Fsp3) is 0.333. The topological polar surface area (TPSA) is 59.1 Å². The summed E-state index contributed by atoms with van der Waals surface area (Å²) in [6, 6.07) is 12.2. The van der Waals surface area contributed by atoms with Crippen LogP contribution in [-0.4, -0.2) is 43.0 Å². The van der Waals surface area contributed by atoms with E-state index >= 15 is 0 Å². The maximum atomic E-state index is 13.6. The minimum atomic E-state index is -0.336. The molecule has 0 bridgehead atoms. The SMILES string of the molecule is CC1CCCN(C2=C(c3ccc(Cl)cc3)C(=O)N(c3ccc4c(c3)OCCO4)C2=O)C1. The quantitative estimate of drug-likeness (QED) is 0.674. The smallest absolute Gasteiger partial charge is 0.282 e. The van der Waals surface area contributed by atoms with Gasteiger partial charge in [-0.3, -0.25) is 9.59 Å². The van der Waals surface area contributed by atoms with Crippen molar-refractivity contribution in [3.05, 3.63) is 58.7 Å². The van der Waals surface area contributed by atoms with Gasteiger partial charge < -0.3 is 14.4 Å². The lowest BCUT2D eigenvalue weighted by molar-refractivity contribution is -0.120. The summed E-state index contributed by atoms with van der Waals surface area (Å²) in [5.41, 5.74) is 2.06. The van der Waals surface area contributed by atoms with Gasteiger partial charge in [-0.25, -0.2) is 4.90 Å². The van der Waals surface area contributed by atoms with Gasteiger partial charge in [-0.05, 0) is 48.6 Å². The maximum Gasteiger partial charge on any atom is 0.282 e. The summed E-state index contributed by atoms with van der Waals surface area (Å²) in [4.78, 5) is 30.6. The molecule has 6 nitrogen and oxygen atoms in total. The Morgan fingerprint density at radius 3 is 2.45 bits per heavy atom. The fourth-order valence-corrected chi connectivity index (χ4v) is 4.61. The number of benzene rings is 2. The Labute approximate surface area is 186 Å². The number of hydrogen-bond donors (Lipinski definition) is 0. The molecule has 2 aromatic carbocycles. The lowest BCUT2D eigenvalue weighted by Crippen LogP contribution is -2.39. The van der Waals surface area contributed by atoms with E-state index in [1.54, 1.807) is 42.5 Å². The van der Waals surface area contributed by atoms with Crippen LogP contribution in [0.4, 0.5) is 5.69 Å². The number of carbonyl (C=O) groups excluding carboxylic acids is 2. The molecule has 7 heteroatoms. The minimum absolute atomic E-state index is 0.305. The zero-order valence-corrected chi connectivity index (χ0v) is 18.0. The largest absolute Gasteiger partial charge is 0.486 e. The molecule has 0 saturated carbocycles. The van der Waals surface area contributed by atoms with Crippen LogP contribution in [0.3, 0.4) is 0 Å². The molecule has 5 rings (SSSR count). The van der Waals surface area contributed by atoms with Crippen molar-refractivity contribution in [1.29, 1.82) is 0 Å². The van der Waals surface area contributed by atoms with Crippen molar-refractivity contribution < 1.29 is 19.1 Å². The molecule has 2 amide bonds. The summed E-state index contributed by atoms with van der Waals surface area (Å²) >= 11 is 6.07. The average molecular weight is 439 g/mol. The number of ether oxygens (including phenoxy) is 2. The molecule has 1 fully saturated rings. The van der Waals surface area contributed by atoms with E-state index in [2.05, 4.69) is 11.8 Å². The number of piperidine rings is 1. The molecule has 0 aromatic heterocycles. The molecule has 3 aliphatic rings. The number of likely N-dealkylation sites (tertiary alicyclic amines) is 1.